The maximum atomic E-state index is 11.6. The fraction of sp³-hybridized carbons (Fsp3) is 1.00. The second-order valence-corrected chi connectivity index (χ2v) is 8.17. The monoisotopic (exact) mass is 273 g/mol. The maximum absolute atomic E-state index is 11.6. The highest BCUT2D eigenvalue weighted by Gasteiger charge is 2.19. The quantitative estimate of drug-likeness (QED) is 0.590. The fourth-order valence-corrected chi connectivity index (χ4v) is 4.35. The molecule has 0 aromatic carbocycles. The number of hydrogen-bond acceptors (Lipinski definition) is 6. The van der Waals surface area contributed by atoms with Crippen molar-refractivity contribution in [3.8, 4) is 0 Å². The third-order valence-electron chi connectivity index (χ3n) is 2.00. The van der Waals surface area contributed by atoms with Gasteiger partial charge in [0.15, 0.2) is 9.84 Å². The van der Waals surface area contributed by atoms with Crippen LogP contribution in [0.15, 0.2) is 0 Å². The smallest absolute Gasteiger partial charge is 0.152 e. The van der Waals surface area contributed by atoms with E-state index in [1.807, 2.05) is 0 Å². The molecular formula is C8H19NO5S2. The van der Waals surface area contributed by atoms with Crippen LogP contribution >= 0.6 is 0 Å². The molecule has 0 aliphatic heterocycles. The van der Waals surface area contributed by atoms with Crippen LogP contribution in [0.5, 0.6) is 0 Å². The molecule has 0 aliphatic rings. The van der Waals surface area contributed by atoms with E-state index in [9.17, 15) is 16.8 Å². The molecule has 0 aromatic heterocycles. The van der Waals surface area contributed by atoms with Crippen molar-refractivity contribution in [3.63, 3.8) is 0 Å². The number of likely N-dealkylation sites (N-methyl/N-ethyl adjacent to an activating group) is 1. The van der Waals surface area contributed by atoms with E-state index in [-0.39, 0.29) is 29.9 Å². The molecular weight excluding hydrogens is 254 g/mol. The molecule has 0 saturated heterocycles. The van der Waals surface area contributed by atoms with Crippen LogP contribution in [0.4, 0.5) is 0 Å². The van der Waals surface area contributed by atoms with Crippen molar-refractivity contribution in [2.24, 2.45) is 0 Å². The van der Waals surface area contributed by atoms with Gasteiger partial charge in [0.1, 0.15) is 9.84 Å². The largest absolute Gasteiger partial charge is 0.383 e. The molecule has 0 fully saturated rings. The van der Waals surface area contributed by atoms with Gasteiger partial charge in [-0.2, -0.15) is 0 Å². The molecule has 6 nitrogen and oxygen atoms in total. The van der Waals surface area contributed by atoms with Crippen molar-refractivity contribution in [2.45, 2.75) is 6.04 Å². The molecule has 0 rings (SSSR count). The van der Waals surface area contributed by atoms with E-state index < -0.39 is 19.7 Å². The number of rotatable bonds is 8. The number of hydrogen-bond donors (Lipinski definition) is 1. The Morgan fingerprint density at radius 2 is 1.75 bits per heavy atom. The number of sulfone groups is 2. The molecule has 0 radical (unpaired) electrons. The Bertz CT molecular complexity index is 387. The summed E-state index contributed by atoms with van der Waals surface area (Å²) in [5.41, 5.74) is 0. The summed E-state index contributed by atoms with van der Waals surface area (Å²) in [4.78, 5) is 0. The topological polar surface area (TPSA) is 89.5 Å². The number of ether oxygens (including phenoxy) is 1. The van der Waals surface area contributed by atoms with Crippen molar-refractivity contribution in [1.82, 2.24) is 5.32 Å². The normalized spacial score (nSPS) is 14.9. The number of methoxy groups -OCH3 is 1. The highest BCUT2D eigenvalue weighted by molar-refractivity contribution is 7.94. The van der Waals surface area contributed by atoms with E-state index in [1.54, 1.807) is 7.05 Å². The number of nitrogens with one attached hydrogen (secondary N) is 1. The van der Waals surface area contributed by atoms with Gasteiger partial charge in [-0.15, -0.1) is 0 Å². The van der Waals surface area contributed by atoms with Gasteiger partial charge in [0.25, 0.3) is 0 Å². The van der Waals surface area contributed by atoms with Crippen molar-refractivity contribution in [1.29, 1.82) is 0 Å². The van der Waals surface area contributed by atoms with Gasteiger partial charge in [0.05, 0.1) is 23.9 Å². The second kappa shape index (κ2) is 6.53. The lowest BCUT2D eigenvalue weighted by molar-refractivity contribution is 0.176. The highest BCUT2D eigenvalue weighted by Crippen LogP contribution is 1.98. The van der Waals surface area contributed by atoms with E-state index in [0.717, 1.165) is 6.26 Å². The van der Waals surface area contributed by atoms with E-state index in [2.05, 4.69) is 5.32 Å². The Hall–Kier alpha value is -0.180. The summed E-state index contributed by atoms with van der Waals surface area (Å²) in [6.07, 6.45) is 1.02. The Labute approximate surface area is 97.2 Å². The first kappa shape index (κ1) is 15.8. The fourth-order valence-electron chi connectivity index (χ4n) is 1.08. The average Bonchev–Trinajstić information content (AvgIpc) is 2.13. The molecule has 0 aromatic rings. The van der Waals surface area contributed by atoms with Crippen LogP contribution in [0, 0.1) is 0 Å². The van der Waals surface area contributed by atoms with Crippen molar-refractivity contribution in [2.75, 3.05) is 44.3 Å². The standard InChI is InChI=1S/C8H19NO5S2/c1-9-8(6-14-2)7-16(12,13)5-4-15(3,10)11/h8-9H,4-7H2,1-3H3. The highest BCUT2D eigenvalue weighted by atomic mass is 32.2. The van der Waals surface area contributed by atoms with Gasteiger partial charge >= 0.3 is 0 Å². The van der Waals surface area contributed by atoms with Gasteiger partial charge in [-0.25, -0.2) is 16.8 Å². The molecule has 1 N–H and O–H groups in total. The van der Waals surface area contributed by atoms with E-state index in [1.165, 1.54) is 7.11 Å². The van der Waals surface area contributed by atoms with Crippen molar-refractivity contribution in [3.05, 3.63) is 0 Å². The lowest BCUT2D eigenvalue weighted by Gasteiger charge is -2.14. The molecule has 1 unspecified atom stereocenters. The van der Waals surface area contributed by atoms with Crippen LogP contribution in [0.25, 0.3) is 0 Å². The first-order chi connectivity index (χ1) is 7.20. The molecule has 0 saturated carbocycles. The Kier molecular flexibility index (Phi) is 6.46. The minimum absolute atomic E-state index is 0.118. The van der Waals surface area contributed by atoms with E-state index >= 15 is 0 Å². The van der Waals surface area contributed by atoms with E-state index in [0.29, 0.717) is 0 Å². The Morgan fingerprint density at radius 1 is 1.19 bits per heavy atom. The average molecular weight is 273 g/mol. The van der Waals surface area contributed by atoms with Gasteiger partial charge in [0, 0.05) is 19.4 Å². The predicted molar refractivity (Wildman–Crippen MR) is 63.1 cm³/mol. The molecule has 0 heterocycles. The summed E-state index contributed by atoms with van der Waals surface area (Å²) in [5.74, 6) is -0.792. The lowest BCUT2D eigenvalue weighted by atomic mass is 10.4. The molecule has 98 valence electrons. The first-order valence-corrected chi connectivity index (χ1v) is 8.62. The summed E-state index contributed by atoms with van der Waals surface area (Å²) in [6, 6.07) is -0.311. The summed E-state index contributed by atoms with van der Waals surface area (Å²) in [7, 11) is -3.50. The minimum Gasteiger partial charge on any atom is -0.383 e. The molecule has 0 aliphatic carbocycles. The van der Waals surface area contributed by atoms with Crippen LogP contribution in [0.3, 0.4) is 0 Å². The van der Waals surface area contributed by atoms with Gasteiger partial charge in [-0.05, 0) is 7.05 Å². The van der Waals surface area contributed by atoms with Crippen LogP contribution in [-0.2, 0) is 24.4 Å². The summed E-state index contributed by atoms with van der Waals surface area (Å²) < 4.78 is 49.7. The van der Waals surface area contributed by atoms with E-state index in [4.69, 9.17) is 4.74 Å². The SMILES string of the molecule is CNC(COC)CS(=O)(=O)CCS(C)(=O)=O. The third kappa shape index (κ3) is 8.03. The molecule has 1 atom stereocenters. The van der Waals surface area contributed by atoms with Crippen LogP contribution < -0.4 is 5.32 Å². The van der Waals surface area contributed by atoms with Gasteiger partial charge in [0.2, 0.25) is 0 Å². The maximum Gasteiger partial charge on any atom is 0.152 e. The molecule has 0 amide bonds. The predicted octanol–water partition coefficient (Wildman–Crippen LogP) is -1.32. The van der Waals surface area contributed by atoms with Crippen molar-refractivity contribution < 1.29 is 21.6 Å². The summed E-state index contributed by atoms with van der Waals surface area (Å²) in [5, 5.41) is 2.80. The molecule has 8 heteroatoms. The minimum atomic E-state index is -3.37. The Balaban J connectivity index is 4.34. The zero-order valence-electron chi connectivity index (χ0n) is 9.76. The molecule has 0 bridgehead atoms. The van der Waals surface area contributed by atoms with Gasteiger partial charge < -0.3 is 10.1 Å². The third-order valence-corrected chi connectivity index (χ3v) is 4.94. The zero-order valence-corrected chi connectivity index (χ0v) is 11.4. The summed E-state index contributed by atoms with van der Waals surface area (Å²) in [6.45, 7) is 0.272. The molecule has 0 spiro atoms. The van der Waals surface area contributed by atoms with Crippen molar-refractivity contribution >= 4 is 19.7 Å². The summed E-state index contributed by atoms with van der Waals surface area (Å²) >= 11 is 0. The van der Waals surface area contributed by atoms with Gasteiger partial charge in [-0.3, -0.25) is 0 Å². The zero-order chi connectivity index (χ0) is 12.8. The molecule has 16 heavy (non-hydrogen) atoms. The van der Waals surface area contributed by atoms with Crippen LogP contribution in [0.2, 0.25) is 0 Å². The second-order valence-electron chi connectivity index (χ2n) is 3.69. The Morgan fingerprint density at radius 3 is 2.12 bits per heavy atom. The first-order valence-electron chi connectivity index (χ1n) is 4.74. The van der Waals surface area contributed by atoms with Crippen LogP contribution in [-0.4, -0.2) is 67.2 Å². The van der Waals surface area contributed by atoms with Gasteiger partial charge in [-0.1, -0.05) is 0 Å². The van der Waals surface area contributed by atoms with Crippen LogP contribution in [0.1, 0.15) is 0 Å². The lowest BCUT2D eigenvalue weighted by Crippen LogP contribution is -2.38.